The van der Waals surface area contributed by atoms with Crippen LogP contribution in [0.3, 0.4) is 0 Å². The molecule has 1 atom stereocenters. The van der Waals surface area contributed by atoms with Gasteiger partial charge in [0.1, 0.15) is 16.9 Å². The van der Waals surface area contributed by atoms with Crippen molar-refractivity contribution in [1.82, 2.24) is 14.9 Å². The second-order valence-electron chi connectivity index (χ2n) is 7.53. The van der Waals surface area contributed by atoms with Gasteiger partial charge in [-0.3, -0.25) is 14.6 Å². The minimum absolute atomic E-state index is 0.0747. The fraction of sp³-hybridized carbons (Fsp3) is 0.348. The Morgan fingerprint density at radius 2 is 2.24 bits per heavy atom. The summed E-state index contributed by atoms with van der Waals surface area (Å²) in [7, 11) is 0. The van der Waals surface area contributed by atoms with Crippen LogP contribution in [0.25, 0.3) is 11.0 Å². The van der Waals surface area contributed by atoms with E-state index in [1.165, 1.54) is 34.7 Å². The number of aromatic nitrogens is 2. The Hall–Kier alpha value is -2.95. The van der Waals surface area contributed by atoms with Crippen molar-refractivity contribution in [1.29, 1.82) is 0 Å². The van der Waals surface area contributed by atoms with Gasteiger partial charge < -0.3 is 24.5 Å². The van der Waals surface area contributed by atoms with Crippen molar-refractivity contribution >= 4 is 28.7 Å². The van der Waals surface area contributed by atoms with Crippen LogP contribution in [0.2, 0.25) is 0 Å². The molecule has 2 aromatic heterocycles. The van der Waals surface area contributed by atoms with Crippen molar-refractivity contribution in [3.05, 3.63) is 68.8 Å². The number of rotatable bonds is 6. The summed E-state index contributed by atoms with van der Waals surface area (Å²) in [5.74, 6) is -1.56. The molecule has 8 nitrogen and oxygen atoms in total. The third-order valence-electron chi connectivity index (χ3n) is 5.42. The van der Waals surface area contributed by atoms with Crippen LogP contribution in [0, 0.1) is 0 Å². The van der Waals surface area contributed by atoms with Crippen LogP contribution in [0.5, 0.6) is 5.75 Å². The number of fused-ring (bicyclic) bond motifs is 1. The molecule has 1 amide bonds. The van der Waals surface area contributed by atoms with Crippen LogP contribution >= 0.6 is 11.8 Å². The van der Waals surface area contributed by atoms with Gasteiger partial charge in [-0.15, -0.1) is 11.8 Å². The SMILES string of the molecule is CSC1=CC(F)=CCC=C1CNC(=O)c1c(O)c2ncccc2n(CC2COCCO2)c1=O. The molecule has 2 aromatic rings. The van der Waals surface area contributed by atoms with E-state index in [1.807, 2.05) is 12.3 Å². The minimum Gasteiger partial charge on any atom is -0.505 e. The molecule has 0 radical (unpaired) electrons. The van der Waals surface area contributed by atoms with Gasteiger partial charge in [-0.25, -0.2) is 4.39 Å². The lowest BCUT2D eigenvalue weighted by Gasteiger charge is -2.24. The maximum atomic E-state index is 13.8. The summed E-state index contributed by atoms with van der Waals surface area (Å²) in [6.45, 7) is 1.44. The summed E-state index contributed by atoms with van der Waals surface area (Å²) >= 11 is 1.36. The van der Waals surface area contributed by atoms with Crippen LogP contribution in [0.15, 0.2) is 57.7 Å². The molecule has 3 heterocycles. The number of nitrogens with zero attached hydrogens (tertiary/aromatic N) is 2. The van der Waals surface area contributed by atoms with Gasteiger partial charge in [0.2, 0.25) is 0 Å². The Morgan fingerprint density at radius 3 is 3.00 bits per heavy atom. The Labute approximate surface area is 193 Å². The molecule has 1 fully saturated rings. The summed E-state index contributed by atoms with van der Waals surface area (Å²) in [6, 6.07) is 3.31. The number of amides is 1. The Balaban J connectivity index is 1.65. The zero-order valence-electron chi connectivity index (χ0n) is 18.0. The van der Waals surface area contributed by atoms with E-state index in [1.54, 1.807) is 12.1 Å². The van der Waals surface area contributed by atoms with E-state index in [0.29, 0.717) is 36.7 Å². The molecule has 1 saturated heterocycles. The number of thioether (sulfide) groups is 1. The highest BCUT2D eigenvalue weighted by Crippen LogP contribution is 2.28. The van der Waals surface area contributed by atoms with Gasteiger partial charge in [0.25, 0.3) is 11.5 Å². The maximum Gasteiger partial charge on any atom is 0.267 e. The predicted molar refractivity (Wildman–Crippen MR) is 124 cm³/mol. The first kappa shape index (κ1) is 23.2. The lowest BCUT2D eigenvalue weighted by molar-refractivity contribution is -0.0935. The minimum atomic E-state index is -0.737. The van der Waals surface area contributed by atoms with Gasteiger partial charge in [-0.1, -0.05) is 6.08 Å². The zero-order valence-corrected chi connectivity index (χ0v) is 18.9. The van der Waals surface area contributed by atoms with Gasteiger partial charge in [0, 0.05) is 17.6 Å². The number of pyridine rings is 2. The van der Waals surface area contributed by atoms with E-state index in [9.17, 15) is 19.1 Å². The number of ether oxygens (including phenoxy) is 2. The molecule has 0 spiro atoms. The lowest BCUT2D eigenvalue weighted by atomic mass is 10.1. The number of carbonyl (C=O) groups excluding carboxylic acids is 1. The lowest BCUT2D eigenvalue weighted by Crippen LogP contribution is -2.39. The highest BCUT2D eigenvalue weighted by atomic mass is 32.2. The fourth-order valence-corrected chi connectivity index (χ4v) is 4.45. The number of nitrogens with one attached hydrogen (secondary N) is 1. The molecule has 1 aliphatic carbocycles. The van der Waals surface area contributed by atoms with Crippen molar-refractivity contribution in [2.24, 2.45) is 0 Å². The number of halogens is 1. The molecule has 33 heavy (non-hydrogen) atoms. The number of allylic oxidation sites excluding steroid dienone is 4. The third-order valence-corrected chi connectivity index (χ3v) is 6.24. The highest BCUT2D eigenvalue weighted by Gasteiger charge is 2.25. The predicted octanol–water partition coefficient (Wildman–Crippen LogP) is 2.68. The summed E-state index contributed by atoms with van der Waals surface area (Å²) in [5.41, 5.74) is 0.218. The normalized spacial score (nSPS) is 18.8. The average molecular weight is 474 g/mol. The standard InChI is InChI=1S/C23H24FN3O5S/c1-33-18-10-15(24)5-2-4-14(18)11-26-22(29)19-21(28)20-17(6-3-7-25-20)27(23(19)30)12-16-13-31-8-9-32-16/h3-7,10,16,28H,2,8-9,11-13H2,1H3,(H,26,29). The molecule has 0 saturated carbocycles. The number of carbonyl (C=O) groups is 1. The molecule has 0 aromatic carbocycles. The van der Waals surface area contributed by atoms with E-state index < -0.39 is 22.8 Å². The van der Waals surface area contributed by atoms with Gasteiger partial charge in [0.05, 0.1) is 38.0 Å². The van der Waals surface area contributed by atoms with Gasteiger partial charge >= 0.3 is 0 Å². The first-order chi connectivity index (χ1) is 16.0. The smallest absolute Gasteiger partial charge is 0.267 e. The van der Waals surface area contributed by atoms with E-state index in [4.69, 9.17) is 9.47 Å². The van der Waals surface area contributed by atoms with Crippen molar-refractivity contribution in [3.8, 4) is 5.75 Å². The second-order valence-corrected chi connectivity index (χ2v) is 8.38. The molecular weight excluding hydrogens is 449 g/mol. The van der Waals surface area contributed by atoms with Crippen LogP contribution in [0.1, 0.15) is 16.8 Å². The molecule has 0 bridgehead atoms. The molecule has 174 valence electrons. The van der Waals surface area contributed by atoms with Crippen LogP contribution < -0.4 is 10.9 Å². The summed E-state index contributed by atoms with van der Waals surface area (Å²) in [6.07, 6.45) is 7.99. The van der Waals surface area contributed by atoms with Crippen molar-refractivity contribution in [2.75, 3.05) is 32.6 Å². The number of aromatic hydroxyl groups is 1. The second kappa shape index (κ2) is 10.3. The van der Waals surface area contributed by atoms with Crippen LogP contribution in [-0.4, -0.2) is 59.3 Å². The molecule has 2 N–H and O–H groups in total. The van der Waals surface area contributed by atoms with Gasteiger partial charge in [-0.05, 0) is 42.5 Å². The average Bonchev–Trinajstić information content (AvgIpc) is 3.01. The first-order valence-electron chi connectivity index (χ1n) is 10.5. The Morgan fingerprint density at radius 1 is 1.39 bits per heavy atom. The van der Waals surface area contributed by atoms with Crippen molar-refractivity contribution in [2.45, 2.75) is 19.1 Å². The summed E-state index contributed by atoms with van der Waals surface area (Å²) < 4.78 is 26.2. The number of hydrogen-bond acceptors (Lipinski definition) is 7. The van der Waals surface area contributed by atoms with E-state index in [-0.39, 0.29) is 30.5 Å². The molecule has 2 aliphatic rings. The Kier molecular flexibility index (Phi) is 7.26. The van der Waals surface area contributed by atoms with Gasteiger partial charge in [-0.2, -0.15) is 0 Å². The first-order valence-corrected chi connectivity index (χ1v) is 11.7. The van der Waals surface area contributed by atoms with Crippen molar-refractivity contribution < 1.29 is 23.8 Å². The van der Waals surface area contributed by atoms with Crippen LogP contribution in [-0.2, 0) is 16.0 Å². The largest absolute Gasteiger partial charge is 0.505 e. The zero-order chi connectivity index (χ0) is 23.4. The summed E-state index contributed by atoms with van der Waals surface area (Å²) in [5, 5.41) is 13.5. The Bertz CT molecular complexity index is 1210. The molecule has 4 rings (SSSR count). The number of hydrogen-bond donors (Lipinski definition) is 2. The van der Waals surface area contributed by atoms with E-state index >= 15 is 0 Å². The van der Waals surface area contributed by atoms with Crippen molar-refractivity contribution in [3.63, 3.8) is 0 Å². The highest BCUT2D eigenvalue weighted by molar-refractivity contribution is 8.02. The monoisotopic (exact) mass is 473 g/mol. The molecule has 1 unspecified atom stereocenters. The third kappa shape index (κ3) is 5.02. The molecule has 10 heteroatoms. The maximum absolute atomic E-state index is 13.8. The van der Waals surface area contributed by atoms with Crippen LogP contribution in [0.4, 0.5) is 4.39 Å². The summed E-state index contributed by atoms with van der Waals surface area (Å²) in [4.78, 5) is 31.2. The van der Waals surface area contributed by atoms with Gasteiger partial charge in [0.15, 0.2) is 5.75 Å². The quantitative estimate of drug-likeness (QED) is 0.665. The molecule has 1 aliphatic heterocycles. The fourth-order valence-electron chi connectivity index (χ4n) is 3.80. The topological polar surface area (TPSA) is 103 Å². The molecular formula is C23H24FN3O5S. The van der Waals surface area contributed by atoms with E-state index in [2.05, 4.69) is 10.3 Å². The van der Waals surface area contributed by atoms with E-state index in [0.717, 1.165) is 5.57 Å².